The summed E-state index contributed by atoms with van der Waals surface area (Å²) in [5.41, 5.74) is 1.33. The van der Waals surface area contributed by atoms with Gasteiger partial charge in [-0.25, -0.2) is 0 Å². The van der Waals surface area contributed by atoms with Crippen molar-refractivity contribution in [3.8, 4) is 0 Å². The van der Waals surface area contributed by atoms with Crippen molar-refractivity contribution in [2.24, 2.45) is 0 Å². The average Bonchev–Trinajstić information content (AvgIpc) is 2.60. The van der Waals surface area contributed by atoms with E-state index in [2.05, 4.69) is 14.5 Å². The molecule has 0 fully saturated rings. The van der Waals surface area contributed by atoms with Gasteiger partial charge in [-0.1, -0.05) is 21.5 Å². The highest BCUT2D eigenvalue weighted by atomic mass is 31.0. The van der Waals surface area contributed by atoms with Crippen LogP contribution in [0.3, 0.4) is 0 Å². The number of carbonyl (C=O) groups is 2. The van der Waals surface area contributed by atoms with Gasteiger partial charge in [-0.15, -0.1) is 0 Å². The average molecular weight is 295 g/mol. The van der Waals surface area contributed by atoms with Crippen LogP contribution in [0.2, 0.25) is 0 Å². The number of hydrogen-bond acceptors (Lipinski definition) is 4. The largest absolute Gasteiger partial charge is 0.387 e. The lowest BCUT2D eigenvalue weighted by atomic mass is 10.2. The number of fused-ring (bicyclic) bond motifs is 1. The molecule has 2 rings (SSSR count). The van der Waals surface area contributed by atoms with E-state index < -0.39 is 18.6 Å². The van der Waals surface area contributed by atoms with Crippen LogP contribution in [0, 0.1) is 0 Å². The number of benzene rings is 1. The van der Waals surface area contributed by atoms with Crippen LogP contribution in [0.1, 0.15) is 6.92 Å². The lowest BCUT2D eigenvalue weighted by Gasteiger charge is -2.24. The molecule has 1 heterocycles. The summed E-state index contributed by atoms with van der Waals surface area (Å²) < 4.78 is 0. The molecule has 20 heavy (non-hydrogen) atoms. The fourth-order valence-electron chi connectivity index (χ4n) is 2.36. The highest BCUT2D eigenvalue weighted by Crippen LogP contribution is 2.32. The molecule has 2 atom stereocenters. The molecule has 6 nitrogen and oxygen atoms in total. The van der Waals surface area contributed by atoms with E-state index in [9.17, 15) is 9.59 Å². The maximum atomic E-state index is 12.5. The van der Waals surface area contributed by atoms with E-state index >= 15 is 0 Å². The van der Waals surface area contributed by atoms with Crippen LogP contribution in [-0.4, -0.2) is 42.7 Å². The number of carbonyl (C=O) groups excluding carboxylic acids is 2. The Morgan fingerprint density at radius 1 is 1.45 bits per heavy atom. The summed E-state index contributed by atoms with van der Waals surface area (Å²) in [5.74, 6) is -0.517. The first kappa shape index (κ1) is 14.9. The Labute approximate surface area is 120 Å². The van der Waals surface area contributed by atoms with Crippen LogP contribution >= 0.6 is 9.39 Å². The number of anilines is 2. The number of amides is 2. The van der Waals surface area contributed by atoms with E-state index in [4.69, 9.17) is 5.11 Å². The molecule has 108 valence electrons. The van der Waals surface area contributed by atoms with E-state index in [0.29, 0.717) is 17.9 Å². The SMILES string of the molecule is CCN1C(=O)C(NP)CN(C(=O)CO)c2ccccc21. The molecule has 2 N–H and O–H groups in total. The quantitative estimate of drug-likeness (QED) is 0.777. The van der Waals surface area contributed by atoms with E-state index in [1.165, 1.54) is 4.90 Å². The van der Waals surface area contributed by atoms with Gasteiger partial charge in [0.1, 0.15) is 12.6 Å². The molecule has 0 saturated carbocycles. The maximum Gasteiger partial charge on any atom is 0.252 e. The second kappa shape index (κ2) is 6.31. The maximum absolute atomic E-state index is 12.5. The van der Waals surface area contributed by atoms with Crippen molar-refractivity contribution >= 4 is 32.6 Å². The van der Waals surface area contributed by atoms with Crippen molar-refractivity contribution in [2.75, 3.05) is 29.5 Å². The first-order valence-corrected chi connectivity index (χ1v) is 6.99. The summed E-state index contributed by atoms with van der Waals surface area (Å²) in [4.78, 5) is 27.5. The molecular formula is C13H18N3O3P. The lowest BCUT2D eigenvalue weighted by molar-refractivity contribution is -0.121. The molecule has 0 bridgehead atoms. The monoisotopic (exact) mass is 295 g/mol. The van der Waals surface area contributed by atoms with E-state index in [1.807, 2.05) is 19.1 Å². The minimum atomic E-state index is -0.585. The van der Waals surface area contributed by atoms with Crippen LogP contribution < -0.4 is 14.9 Å². The molecule has 0 spiro atoms. The minimum Gasteiger partial charge on any atom is -0.387 e. The van der Waals surface area contributed by atoms with Crippen LogP contribution in [0.5, 0.6) is 0 Å². The number of rotatable bonds is 3. The van der Waals surface area contributed by atoms with Crippen molar-refractivity contribution < 1.29 is 14.7 Å². The fourth-order valence-corrected chi connectivity index (χ4v) is 2.61. The topological polar surface area (TPSA) is 72.9 Å². The second-order valence-electron chi connectivity index (χ2n) is 4.45. The molecule has 0 radical (unpaired) electrons. The van der Waals surface area contributed by atoms with Gasteiger partial charge in [0.15, 0.2) is 0 Å². The molecule has 1 aliphatic heterocycles. The van der Waals surface area contributed by atoms with Gasteiger partial charge in [-0.2, -0.15) is 0 Å². The van der Waals surface area contributed by atoms with Gasteiger partial charge in [-0.3, -0.25) is 14.7 Å². The molecule has 0 saturated heterocycles. The van der Waals surface area contributed by atoms with Crippen LogP contribution in [0.25, 0.3) is 0 Å². The highest BCUT2D eigenvalue weighted by molar-refractivity contribution is 7.13. The van der Waals surface area contributed by atoms with Gasteiger partial charge in [-0.05, 0) is 19.1 Å². The fraction of sp³-hybridized carbons (Fsp3) is 0.385. The first-order chi connectivity index (χ1) is 9.63. The summed E-state index contributed by atoms with van der Waals surface area (Å²) in [5, 5.41) is 12.0. The predicted octanol–water partition coefficient (Wildman–Crippen LogP) is 0.127. The molecule has 0 aromatic heterocycles. The first-order valence-electron chi connectivity index (χ1n) is 6.41. The number of hydrogen-bond donors (Lipinski definition) is 2. The van der Waals surface area contributed by atoms with Crippen LogP contribution in [0.4, 0.5) is 11.4 Å². The standard InChI is InChI=1S/C13H18N3O3P/c1-2-15-10-5-3-4-6-11(10)16(12(18)8-17)7-9(14-20)13(15)19/h3-6,9,14,17H,2,7-8,20H2,1H3. The molecule has 1 aromatic rings. The zero-order chi connectivity index (χ0) is 14.7. The molecule has 1 aliphatic rings. The number of aliphatic hydroxyl groups is 1. The van der Waals surface area contributed by atoms with E-state index in [0.717, 1.165) is 0 Å². The second-order valence-corrected chi connectivity index (χ2v) is 4.79. The Morgan fingerprint density at radius 2 is 2.10 bits per heavy atom. The van der Waals surface area contributed by atoms with Crippen molar-refractivity contribution in [1.29, 1.82) is 0 Å². The number of para-hydroxylation sites is 2. The third-order valence-electron chi connectivity index (χ3n) is 3.35. The number of nitrogens with one attached hydrogen (secondary N) is 1. The van der Waals surface area contributed by atoms with Gasteiger partial charge < -0.3 is 14.9 Å². The van der Waals surface area contributed by atoms with Crippen LogP contribution in [-0.2, 0) is 9.59 Å². The van der Waals surface area contributed by atoms with Crippen molar-refractivity contribution in [2.45, 2.75) is 13.0 Å². The van der Waals surface area contributed by atoms with Crippen molar-refractivity contribution in [3.05, 3.63) is 24.3 Å². The minimum absolute atomic E-state index is 0.0943. The van der Waals surface area contributed by atoms with Gasteiger partial charge in [0.05, 0.1) is 17.9 Å². The Balaban J connectivity index is 2.55. The number of aliphatic hydroxyl groups excluding tert-OH is 1. The van der Waals surface area contributed by atoms with Gasteiger partial charge in [0.2, 0.25) is 5.91 Å². The molecular weight excluding hydrogens is 277 g/mol. The molecule has 1 aromatic carbocycles. The normalized spacial score (nSPS) is 18.8. The van der Waals surface area contributed by atoms with Gasteiger partial charge in [0.25, 0.3) is 5.91 Å². The third kappa shape index (κ3) is 2.54. The zero-order valence-corrected chi connectivity index (χ0v) is 12.4. The smallest absolute Gasteiger partial charge is 0.252 e. The summed E-state index contributed by atoms with van der Waals surface area (Å²) in [6.07, 6.45) is 0. The molecule has 7 heteroatoms. The lowest BCUT2D eigenvalue weighted by Crippen LogP contribution is -2.48. The van der Waals surface area contributed by atoms with Crippen molar-refractivity contribution in [1.82, 2.24) is 5.09 Å². The molecule has 2 amide bonds. The predicted molar refractivity (Wildman–Crippen MR) is 80.5 cm³/mol. The zero-order valence-electron chi connectivity index (χ0n) is 11.2. The Bertz CT molecular complexity index is 523. The van der Waals surface area contributed by atoms with Gasteiger partial charge >= 0.3 is 0 Å². The van der Waals surface area contributed by atoms with E-state index in [-0.39, 0.29) is 12.5 Å². The Kier molecular flexibility index (Phi) is 4.70. The van der Waals surface area contributed by atoms with E-state index in [1.54, 1.807) is 17.0 Å². The number of likely N-dealkylation sites (N-methyl/N-ethyl adjacent to an activating group) is 1. The van der Waals surface area contributed by atoms with Gasteiger partial charge in [0, 0.05) is 6.54 Å². The summed E-state index contributed by atoms with van der Waals surface area (Å²) >= 11 is 0. The Morgan fingerprint density at radius 3 is 2.65 bits per heavy atom. The molecule has 0 aliphatic carbocycles. The molecule has 2 unspecified atom stereocenters. The summed E-state index contributed by atoms with van der Waals surface area (Å²) in [6.45, 7) is 2.01. The van der Waals surface area contributed by atoms with Crippen molar-refractivity contribution in [3.63, 3.8) is 0 Å². The third-order valence-corrected chi connectivity index (χ3v) is 3.75. The number of nitrogens with zero attached hydrogens (tertiary/aromatic N) is 2. The summed E-state index contributed by atoms with van der Waals surface area (Å²) in [6, 6.07) is 6.69. The Hall–Kier alpha value is -1.49. The highest BCUT2D eigenvalue weighted by Gasteiger charge is 2.34. The van der Waals surface area contributed by atoms with Crippen LogP contribution in [0.15, 0.2) is 24.3 Å². The summed E-state index contributed by atoms with van der Waals surface area (Å²) in [7, 11) is 2.31.